The van der Waals surface area contributed by atoms with E-state index in [0.717, 1.165) is 37.2 Å². The van der Waals surface area contributed by atoms with Crippen molar-refractivity contribution >= 4 is 23.2 Å². The van der Waals surface area contributed by atoms with Gasteiger partial charge < -0.3 is 20.0 Å². The number of carbonyl (C=O) groups excluding carboxylic acids is 2. The number of rotatable bonds is 6. The Kier molecular flexibility index (Phi) is 5.79. The van der Waals surface area contributed by atoms with Gasteiger partial charge in [-0.25, -0.2) is 4.39 Å². The van der Waals surface area contributed by atoms with Crippen molar-refractivity contribution in [3.05, 3.63) is 83.6 Å². The molecule has 1 aromatic heterocycles. The molecule has 0 bridgehead atoms. The van der Waals surface area contributed by atoms with Gasteiger partial charge in [-0.2, -0.15) is 0 Å². The van der Waals surface area contributed by atoms with E-state index in [1.165, 1.54) is 18.4 Å². The van der Waals surface area contributed by atoms with Crippen LogP contribution in [0.4, 0.5) is 15.8 Å². The zero-order valence-corrected chi connectivity index (χ0v) is 16.4. The van der Waals surface area contributed by atoms with Gasteiger partial charge in [0.05, 0.1) is 11.8 Å². The molecular formula is C23H22FN3O3. The first-order chi connectivity index (χ1) is 14.6. The maximum atomic E-state index is 13.1. The molecule has 30 heavy (non-hydrogen) atoms. The number of carbonyl (C=O) groups is 2. The number of nitrogens with zero attached hydrogens (tertiary/aromatic N) is 1. The minimum Gasteiger partial charge on any atom is -0.459 e. The molecule has 0 atom stereocenters. The van der Waals surface area contributed by atoms with Crippen LogP contribution in [0.25, 0.3) is 0 Å². The summed E-state index contributed by atoms with van der Waals surface area (Å²) in [6.45, 7) is 2.05. The smallest absolute Gasteiger partial charge is 0.291 e. The van der Waals surface area contributed by atoms with Crippen molar-refractivity contribution in [2.45, 2.75) is 19.4 Å². The number of benzene rings is 2. The molecule has 4 rings (SSSR count). The fourth-order valence-corrected chi connectivity index (χ4v) is 3.51. The van der Waals surface area contributed by atoms with Crippen LogP contribution in [-0.4, -0.2) is 24.9 Å². The summed E-state index contributed by atoms with van der Waals surface area (Å²) >= 11 is 0. The molecule has 7 heteroatoms. The second-order valence-corrected chi connectivity index (χ2v) is 7.17. The number of hydrogen-bond acceptors (Lipinski definition) is 4. The van der Waals surface area contributed by atoms with Crippen LogP contribution in [0.2, 0.25) is 0 Å². The van der Waals surface area contributed by atoms with Crippen molar-refractivity contribution in [2.24, 2.45) is 0 Å². The van der Waals surface area contributed by atoms with E-state index in [4.69, 9.17) is 4.42 Å². The third-order valence-electron chi connectivity index (χ3n) is 5.06. The number of anilines is 2. The Morgan fingerprint density at radius 3 is 2.47 bits per heavy atom. The Hall–Kier alpha value is -3.61. The molecule has 0 saturated carbocycles. The van der Waals surface area contributed by atoms with Gasteiger partial charge in [-0.1, -0.05) is 12.1 Å². The average molecular weight is 407 g/mol. The highest BCUT2D eigenvalue weighted by Gasteiger charge is 2.21. The maximum absolute atomic E-state index is 13.1. The molecule has 0 aliphatic carbocycles. The van der Waals surface area contributed by atoms with Gasteiger partial charge in [0.2, 0.25) is 0 Å². The van der Waals surface area contributed by atoms with E-state index in [1.54, 1.807) is 36.4 Å². The Balaban J connectivity index is 1.55. The summed E-state index contributed by atoms with van der Waals surface area (Å²) in [7, 11) is 0. The highest BCUT2D eigenvalue weighted by molar-refractivity contribution is 6.05. The van der Waals surface area contributed by atoms with Gasteiger partial charge in [-0.15, -0.1) is 0 Å². The van der Waals surface area contributed by atoms with Crippen LogP contribution in [0, 0.1) is 5.82 Å². The van der Waals surface area contributed by atoms with E-state index in [0.29, 0.717) is 11.3 Å². The minimum atomic E-state index is -0.383. The van der Waals surface area contributed by atoms with E-state index >= 15 is 0 Å². The second kappa shape index (κ2) is 8.82. The van der Waals surface area contributed by atoms with Gasteiger partial charge in [-0.05, 0) is 60.9 Å². The van der Waals surface area contributed by atoms with Gasteiger partial charge in [0.25, 0.3) is 11.8 Å². The van der Waals surface area contributed by atoms with Crippen molar-refractivity contribution in [2.75, 3.05) is 23.3 Å². The van der Waals surface area contributed by atoms with E-state index in [9.17, 15) is 14.0 Å². The highest BCUT2D eigenvalue weighted by atomic mass is 19.1. The SMILES string of the molecule is O=C(Nc1ccc(N2CCCC2)c(C(=O)NCc2ccc(F)cc2)c1)c1ccco1. The summed E-state index contributed by atoms with van der Waals surface area (Å²) in [5, 5.41) is 5.65. The number of amides is 2. The summed E-state index contributed by atoms with van der Waals surface area (Å²) in [5.74, 6) is -0.760. The number of furan rings is 1. The zero-order valence-electron chi connectivity index (χ0n) is 16.4. The van der Waals surface area contributed by atoms with Crippen molar-refractivity contribution in [1.29, 1.82) is 0 Å². The van der Waals surface area contributed by atoms with Gasteiger partial charge >= 0.3 is 0 Å². The van der Waals surface area contributed by atoms with Crippen LogP contribution in [0.3, 0.4) is 0 Å². The van der Waals surface area contributed by atoms with Crippen molar-refractivity contribution in [1.82, 2.24) is 5.32 Å². The molecule has 6 nitrogen and oxygen atoms in total. The number of halogens is 1. The molecule has 0 unspecified atom stereocenters. The molecule has 0 radical (unpaired) electrons. The molecule has 2 amide bonds. The standard InChI is InChI=1S/C23H22FN3O3/c24-17-7-5-16(6-8-17)15-25-22(28)19-14-18(26-23(29)21-4-3-13-30-21)9-10-20(19)27-11-1-2-12-27/h3-10,13-14H,1-2,11-12,15H2,(H,25,28)(H,26,29). The lowest BCUT2D eigenvalue weighted by atomic mass is 10.1. The Labute approximate surface area is 173 Å². The predicted octanol–water partition coefficient (Wildman–Crippen LogP) is 4.20. The van der Waals surface area contributed by atoms with Crippen LogP contribution in [0.1, 0.15) is 39.3 Å². The second-order valence-electron chi connectivity index (χ2n) is 7.17. The highest BCUT2D eigenvalue weighted by Crippen LogP contribution is 2.28. The monoisotopic (exact) mass is 407 g/mol. The third-order valence-corrected chi connectivity index (χ3v) is 5.06. The minimum absolute atomic E-state index is 0.195. The van der Waals surface area contributed by atoms with Crippen LogP contribution in [0.5, 0.6) is 0 Å². The van der Waals surface area contributed by atoms with Crippen molar-refractivity contribution < 1.29 is 18.4 Å². The number of hydrogen-bond donors (Lipinski definition) is 2. The summed E-state index contributed by atoms with van der Waals surface area (Å²) in [6.07, 6.45) is 3.58. The first-order valence-corrected chi connectivity index (χ1v) is 9.86. The molecule has 1 saturated heterocycles. The third kappa shape index (κ3) is 4.51. The summed E-state index contributed by atoms with van der Waals surface area (Å²) in [6, 6.07) is 14.5. The van der Waals surface area contributed by atoms with E-state index < -0.39 is 0 Å². The summed E-state index contributed by atoms with van der Waals surface area (Å²) < 4.78 is 18.2. The van der Waals surface area contributed by atoms with E-state index in [1.807, 2.05) is 6.07 Å². The summed E-state index contributed by atoms with van der Waals surface area (Å²) in [5.41, 5.74) is 2.62. The molecule has 1 aliphatic rings. The van der Waals surface area contributed by atoms with E-state index in [-0.39, 0.29) is 29.9 Å². The first kappa shape index (κ1) is 19.7. The van der Waals surface area contributed by atoms with Gasteiger partial charge in [0.1, 0.15) is 5.82 Å². The maximum Gasteiger partial charge on any atom is 0.291 e. The molecule has 1 aliphatic heterocycles. The van der Waals surface area contributed by atoms with Crippen LogP contribution >= 0.6 is 0 Å². The molecule has 3 aromatic rings. The zero-order chi connectivity index (χ0) is 20.9. The predicted molar refractivity (Wildman–Crippen MR) is 112 cm³/mol. The van der Waals surface area contributed by atoms with Crippen molar-refractivity contribution in [3.8, 4) is 0 Å². The Morgan fingerprint density at radius 2 is 1.77 bits per heavy atom. The quantitative estimate of drug-likeness (QED) is 0.642. The fourth-order valence-electron chi connectivity index (χ4n) is 3.51. The molecule has 2 heterocycles. The van der Waals surface area contributed by atoms with Crippen LogP contribution in [-0.2, 0) is 6.54 Å². The number of nitrogens with one attached hydrogen (secondary N) is 2. The summed E-state index contributed by atoms with van der Waals surface area (Å²) in [4.78, 5) is 27.4. The molecule has 154 valence electrons. The van der Waals surface area contributed by atoms with E-state index in [2.05, 4.69) is 15.5 Å². The molecular weight excluding hydrogens is 385 g/mol. The average Bonchev–Trinajstić information content (AvgIpc) is 3.47. The molecule has 2 aromatic carbocycles. The van der Waals surface area contributed by atoms with Crippen LogP contribution in [0.15, 0.2) is 65.3 Å². The van der Waals surface area contributed by atoms with Gasteiger partial charge in [0.15, 0.2) is 5.76 Å². The normalized spacial score (nSPS) is 13.3. The van der Waals surface area contributed by atoms with Gasteiger partial charge in [-0.3, -0.25) is 9.59 Å². The molecule has 0 spiro atoms. The molecule has 2 N–H and O–H groups in total. The fraction of sp³-hybridized carbons (Fsp3) is 0.217. The lowest BCUT2D eigenvalue weighted by Gasteiger charge is -2.22. The van der Waals surface area contributed by atoms with Crippen molar-refractivity contribution in [3.63, 3.8) is 0 Å². The lowest BCUT2D eigenvalue weighted by Crippen LogP contribution is -2.27. The molecule has 1 fully saturated rings. The Morgan fingerprint density at radius 1 is 1.00 bits per heavy atom. The topological polar surface area (TPSA) is 74.6 Å². The van der Waals surface area contributed by atoms with Crippen LogP contribution < -0.4 is 15.5 Å². The largest absolute Gasteiger partial charge is 0.459 e. The lowest BCUT2D eigenvalue weighted by molar-refractivity contribution is 0.0949. The van der Waals surface area contributed by atoms with Gasteiger partial charge in [0, 0.05) is 31.0 Å². The first-order valence-electron chi connectivity index (χ1n) is 9.86. The Bertz CT molecular complexity index is 1030.